The third-order valence-electron chi connectivity index (χ3n) is 4.29. The van der Waals surface area contributed by atoms with Crippen LogP contribution in [0.5, 0.6) is 5.88 Å². The van der Waals surface area contributed by atoms with Gasteiger partial charge in [0, 0.05) is 40.7 Å². The number of rotatable bonds is 5. The minimum Gasteiger partial charge on any atom is -0.481 e. The molecule has 0 bridgehead atoms. The smallest absolute Gasteiger partial charge is 0.332 e. The van der Waals surface area contributed by atoms with Gasteiger partial charge < -0.3 is 9.84 Å². The van der Waals surface area contributed by atoms with Crippen molar-refractivity contribution < 1.29 is 19.4 Å². The number of benzene rings is 1. The van der Waals surface area contributed by atoms with Gasteiger partial charge in [-0.2, -0.15) is 0 Å². The van der Waals surface area contributed by atoms with E-state index in [0.717, 1.165) is 15.5 Å². The van der Waals surface area contributed by atoms with E-state index in [9.17, 15) is 14.7 Å². The number of anilines is 1. The molecule has 1 amide bonds. The Morgan fingerprint density at radius 2 is 1.73 bits per heavy atom. The van der Waals surface area contributed by atoms with Gasteiger partial charge in [0.05, 0.1) is 12.8 Å². The molecule has 1 heterocycles. The number of nitrogens with zero attached hydrogens (tertiary/aromatic N) is 2. The van der Waals surface area contributed by atoms with Crippen molar-refractivity contribution >= 4 is 29.3 Å². The number of carboxylic acids is 1. The zero-order chi connectivity index (χ0) is 18.7. The molecule has 0 fully saturated rings. The van der Waals surface area contributed by atoms with Crippen LogP contribution in [0.25, 0.3) is 11.1 Å². The first-order valence-corrected chi connectivity index (χ1v) is 8.41. The quantitative estimate of drug-likeness (QED) is 0.807. The van der Waals surface area contributed by atoms with E-state index in [2.05, 4.69) is 4.98 Å². The number of carbonyl (C=O) groups excluding carboxylic acids is 1. The van der Waals surface area contributed by atoms with Crippen LogP contribution in [-0.2, 0) is 9.59 Å². The fourth-order valence-corrected chi connectivity index (χ4v) is 3.12. The average Bonchev–Trinajstić information content (AvgIpc) is 3.17. The second-order valence-electron chi connectivity index (χ2n) is 5.84. The normalized spacial score (nSPS) is 13.6. The zero-order valence-corrected chi connectivity index (χ0v) is 14.9. The summed E-state index contributed by atoms with van der Waals surface area (Å²) < 4.78 is 6.01. The summed E-state index contributed by atoms with van der Waals surface area (Å²) in [5, 5.41) is 9.20. The highest BCUT2D eigenvalue weighted by Crippen LogP contribution is 2.31. The van der Waals surface area contributed by atoms with Gasteiger partial charge in [-0.25, -0.2) is 14.2 Å². The SMILES string of the molecule is COc1ccc(-c2ccc(N(Cl)C(=O)C3=C(C(=O)O)CCC3)cc2)cn1. The number of carboxylic acid groups (broad SMARTS) is 1. The maximum atomic E-state index is 12.5. The summed E-state index contributed by atoms with van der Waals surface area (Å²) in [5.74, 6) is -1.01. The number of carbonyl (C=O) groups is 2. The fraction of sp³-hybridized carbons (Fsp3) is 0.211. The number of methoxy groups -OCH3 is 1. The maximum Gasteiger partial charge on any atom is 0.332 e. The molecule has 2 aromatic rings. The van der Waals surface area contributed by atoms with Crippen molar-refractivity contribution in [2.45, 2.75) is 19.3 Å². The van der Waals surface area contributed by atoms with Crippen LogP contribution in [0.4, 0.5) is 5.69 Å². The molecule has 0 saturated heterocycles. The fourth-order valence-electron chi connectivity index (χ4n) is 2.91. The number of aromatic nitrogens is 1. The first-order valence-electron chi connectivity index (χ1n) is 8.07. The number of hydrogen-bond acceptors (Lipinski definition) is 4. The summed E-state index contributed by atoms with van der Waals surface area (Å²) >= 11 is 6.17. The van der Waals surface area contributed by atoms with E-state index in [0.29, 0.717) is 30.8 Å². The summed E-state index contributed by atoms with van der Waals surface area (Å²) in [6.45, 7) is 0. The van der Waals surface area contributed by atoms with Crippen LogP contribution in [-0.4, -0.2) is 29.1 Å². The number of amides is 1. The molecule has 0 radical (unpaired) electrons. The summed E-state index contributed by atoms with van der Waals surface area (Å²) in [6.07, 6.45) is 3.17. The molecule has 0 saturated carbocycles. The van der Waals surface area contributed by atoms with Crippen molar-refractivity contribution in [2.75, 3.05) is 11.5 Å². The Morgan fingerprint density at radius 3 is 2.31 bits per heavy atom. The highest BCUT2D eigenvalue weighted by Gasteiger charge is 2.28. The summed E-state index contributed by atoms with van der Waals surface area (Å²) in [7, 11) is 1.55. The highest BCUT2D eigenvalue weighted by molar-refractivity contribution is 6.39. The van der Waals surface area contributed by atoms with E-state index in [1.807, 2.05) is 18.2 Å². The lowest BCUT2D eigenvalue weighted by Crippen LogP contribution is -2.23. The molecule has 3 rings (SSSR count). The van der Waals surface area contributed by atoms with Gasteiger partial charge in [0.15, 0.2) is 0 Å². The van der Waals surface area contributed by atoms with Crippen molar-refractivity contribution in [2.24, 2.45) is 0 Å². The first-order chi connectivity index (χ1) is 12.5. The second-order valence-corrected chi connectivity index (χ2v) is 6.18. The van der Waals surface area contributed by atoms with Gasteiger partial charge in [0.1, 0.15) is 0 Å². The van der Waals surface area contributed by atoms with E-state index in [1.165, 1.54) is 0 Å². The lowest BCUT2D eigenvalue weighted by molar-refractivity contribution is -0.133. The zero-order valence-electron chi connectivity index (χ0n) is 14.1. The minimum absolute atomic E-state index is 0.154. The van der Waals surface area contributed by atoms with E-state index in [4.69, 9.17) is 16.5 Å². The molecular formula is C19H17ClN2O4. The molecule has 1 aliphatic carbocycles. The largest absolute Gasteiger partial charge is 0.481 e. The van der Waals surface area contributed by atoms with Gasteiger partial charge in [0.2, 0.25) is 5.88 Å². The molecule has 1 N–H and O–H groups in total. The van der Waals surface area contributed by atoms with Crippen LogP contribution in [0.1, 0.15) is 19.3 Å². The van der Waals surface area contributed by atoms with Crippen molar-refractivity contribution in [3.8, 4) is 17.0 Å². The van der Waals surface area contributed by atoms with E-state index < -0.39 is 11.9 Å². The van der Waals surface area contributed by atoms with E-state index >= 15 is 0 Å². The molecule has 0 spiro atoms. The Hall–Kier alpha value is -2.86. The van der Waals surface area contributed by atoms with Crippen molar-refractivity contribution in [1.82, 2.24) is 4.98 Å². The third-order valence-corrected chi connectivity index (χ3v) is 4.63. The van der Waals surface area contributed by atoms with Crippen LogP contribution in [0.3, 0.4) is 0 Å². The molecule has 134 valence electrons. The molecule has 6 nitrogen and oxygen atoms in total. The van der Waals surface area contributed by atoms with Crippen LogP contribution in [0.15, 0.2) is 53.7 Å². The Labute approximate surface area is 155 Å². The monoisotopic (exact) mass is 372 g/mol. The average molecular weight is 373 g/mol. The Bertz CT molecular complexity index is 860. The summed E-state index contributed by atoms with van der Waals surface area (Å²) in [5.41, 5.74) is 2.72. The Kier molecular flexibility index (Phi) is 5.23. The van der Waals surface area contributed by atoms with Crippen LogP contribution in [0.2, 0.25) is 0 Å². The first kappa shape index (κ1) is 17.9. The van der Waals surface area contributed by atoms with E-state index in [-0.39, 0.29) is 11.1 Å². The summed E-state index contributed by atoms with van der Waals surface area (Å²) in [6, 6.07) is 10.7. The van der Waals surface area contributed by atoms with Gasteiger partial charge in [-0.05, 0) is 43.0 Å². The number of hydrogen-bond donors (Lipinski definition) is 1. The Morgan fingerprint density at radius 1 is 1.08 bits per heavy atom. The molecule has 1 aromatic carbocycles. The number of aliphatic carboxylic acids is 1. The van der Waals surface area contributed by atoms with Gasteiger partial charge in [-0.15, -0.1) is 0 Å². The van der Waals surface area contributed by atoms with Gasteiger partial charge in [0.25, 0.3) is 5.91 Å². The Balaban J connectivity index is 1.80. The second kappa shape index (κ2) is 7.58. The predicted octanol–water partition coefficient (Wildman–Crippen LogP) is 3.81. The third kappa shape index (κ3) is 3.55. The standard InChI is InChI=1S/C19H17ClN2O4/c1-26-17-10-7-13(11-21-17)12-5-8-14(9-6-12)22(20)18(23)15-3-2-4-16(15)19(24)25/h5-11H,2-4H2,1H3,(H,24,25). The lowest BCUT2D eigenvalue weighted by atomic mass is 10.1. The van der Waals surface area contributed by atoms with Crippen molar-refractivity contribution in [3.63, 3.8) is 0 Å². The van der Waals surface area contributed by atoms with Crippen LogP contribution >= 0.6 is 11.8 Å². The van der Waals surface area contributed by atoms with Gasteiger partial charge in [-0.1, -0.05) is 12.1 Å². The van der Waals surface area contributed by atoms with Crippen molar-refractivity contribution in [1.29, 1.82) is 0 Å². The maximum absolute atomic E-state index is 12.5. The number of pyridine rings is 1. The number of ether oxygens (including phenoxy) is 1. The minimum atomic E-state index is -1.06. The molecule has 1 aliphatic rings. The van der Waals surface area contributed by atoms with Crippen molar-refractivity contribution in [3.05, 3.63) is 53.7 Å². The molecule has 1 aromatic heterocycles. The molecule has 7 heteroatoms. The molecule has 0 atom stereocenters. The molecular weight excluding hydrogens is 356 g/mol. The molecule has 0 aliphatic heterocycles. The van der Waals surface area contributed by atoms with E-state index in [1.54, 1.807) is 31.5 Å². The highest BCUT2D eigenvalue weighted by atomic mass is 35.5. The van der Waals surface area contributed by atoms with Crippen LogP contribution < -0.4 is 9.16 Å². The van der Waals surface area contributed by atoms with Gasteiger partial charge in [-0.3, -0.25) is 4.79 Å². The molecule has 0 unspecified atom stereocenters. The lowest BCUT2D eigenvalue weighted by Gasteiger charge is -2.16. The number of halogens is 1. The topological polar surface area (TPSA) is 79.7 Å². The molecule has 26 heavy (non-hydrogen) atoms. The van der Waals surface area contributed by atoms with Crippen LogP contribution in [0, 0.1) is 0 Å². The summed E-state index contributed by atoms with van der Waals surface area (Å²) in [4.78, 5) is 27.9. The predicted molar refractivity (Wildman–Crippen MR) is 98.1 cm³/mol. The van der Waals surface area contributed by atoms with Gasteiger partial charge >= 0.3 is 5.97 Å².